The summed E-state index contributed by atoms with van der Waals surface area (Å²) in [5, 5.41) is 3.56. The summed E-state index contributed by atoms with van der Waals surface area (Å²) in [7, 11) is 0. The average molecular weight is 409 g/mol. The molecule has 29 heavy (non-hydrogen) atoms. The largest absolute Gasteiger partial charge is 0.351 e. The van der Waals surface area contributed by atoms with Crippen LogP contribution in [0.5, 0.6) is 0 Å². The molecule has 1 fully saturated rings. The van der Waals surface area contributed by atoms with Crippen molar-refractivity contribution in [2.75, 3.05) is 18.0 Å². The molecule has 0 atom stereocenters. The third-order valence-electron chi connectivity index (χ3n) is 4.82. The number of carbonyl (C=O) groups is 1. The second-order valence-corrected chi connectivity index (χ2v) is 7.69. The zero-order valence-corrected chi connectivity index (χ0v) is 17.0. The highest BCUT2D eigenvalue weighted by Crippen LogP contribution is 2.34. The summed E-state index contributed by atoms with van der Waals surface area (Å²) in [5.41, 5.74) is 3.10. The summed E-state index contributed by atoms with van der Waals surface area (Å²) >= 11 is 6.40. The number of amides is 1. The van der Waals surface area contributed by atoms with Gasteiger partial charge >= 0.3 is 0 Å². The molecular weight excluding hydrogens is 388 g/mol. The molecule has 1 N–H and O–H groups in total. The van der Waals surface area contributed by atoms with E-state index in [1.807, 2.05) is 32.0 Å². The number of halogens is 1. The van der Waals surface area contributed by atoms with Gasteiger partial charge in [0.15, 0.2) is 0 Å². The molecule has 3 aromatic heterocycles. The van der Waals surface area contributed by atoms with Gasteiger partial charge in [-0.2, -0.15) is 0 Å². The van der Waals surface area contributed by atoms with E-state index in [2.05, 4.69) is 25.2 Å². The molecule has 0 radical (unpaired) electrons. The van der Waals surface area contributed by atoms with E-state index in [4.69, 9.17) is 16.6 Å². The van der Waals surface area contributed by atoms with Crippen molar-refractivity contribution in [3.63, 3.8) is 0 Å². The molecular formula is C21H21ClN6O. The Kier molecular flexibility index (Phi) is 5.40. The molecule has 7 nitrogen and oxygen atoms in total. The Labute approximate surface area is 174 Å². The van der Waals surface area contributed by atoms with Crippen LogP contribution in [-0.4, -0.2) is 45.0 Å². The van der Waals surface area contributed by atoms with E-state index in [0.29, 0.717) is 23.8 Å². The zero-order valence-electron chi connectivity index (χ0n) is 16.2. The van der Waals surface area contributed by atoms with Crippen molar-refractivity contribution in [1.29, 1.82) is 0 Å². The minimum Gasteiger partial charge on any atom is -0.351 e. The molecule has 1 amide bonds. The first-order chi connectivity index (χ1) is 14.0. The minimum absolute atomic E-state index is 0.0241. The highest BCUT2D eigenvalue weighted by molar-refractivity contribution is 6.33. The van der Waals surface area contributed by atoms with Gasteiger partial charge in [0.2, 0.25) is 5.91 Å². The molecule has 1 aliphatic rings. The predicted molar refractivity (Wildman–Crippen MR) is 112 cm³/mol. The van der Waals surface area contributed by atoms with Gasteiger partial charge in [0.05, 0.1) is 23.0 Å². The number of hydrogen-bond donors (Lipinski definition) is 1. The van der Waals surface area contributed by atoms with Crippen molar-refractivity contribution in [3.8, 4) is 22.5 Å². The Morgan fingerprint density at radius 1 is 1.10 bits per heavy atom. The fourth-order valence-corrected chi connectivity index (χ4v) is 3.34. The lowest BCUT2D eigenvalue weighted by Gasteiger charge is -2.40. The van der Waals surface area contributed by atoms with Crippen LogP contribution in [0.4, 0.5) is 5.82 Å². The van der Waals surface area contributed by atoms with Crippen molar-refractivity contribution in [2.45, 2.75) is 19.9 Å². The van der Waals surface area contributed by atoms with Gasteiger partial charge < -0.3 is 10.2 Å². The molecule has 4 heterocycles. The Morgan fingerprint density at radius 3 is 2.52 bits per heavy atom. The molecule has 148 valence electrons. The van der Waals surface area contributed by atoms with Gasteiger partial charge in [-0.25, -0.2) is 4.98 Å². The van der Waals surface area contributed by atoms with Gasteiger partial charge in [-0.3, -0.25) is 19.7 Å². The van der Waals surface area contributed by atoms with Crippen LogP contribution >= 0.6 is 11.6 Å². The molecule has 1 saturated heterocycles. The van der Waals surface area contributed by atoms with Crippen molar-refractivity contribution in [3.05, 3.63) is 54.2 Å². The van der Waals surface area contributed by atoms with Gasteiger partial charge in [-0.15, -0.1) is 0 Å². The SMILES string of the molecule is CC(C)C(=O)NC1CN(c2cnc(-c3ccncc3)c(-c3ccncc3Cl)n2)C1. The summed E-state index contributed by atoms with van der Waals surface area (Å²) in [6.45, 7) is 5.18. The molecule has 0 saturated carbocycles. The van der Waals surface area contributed by atoms with Crippen LogP contribution in [0.2, 0.25) is 5.02 Å². The Bertz CT molecular complexity index is 1020. The van der Waals surface area contributed by atoms with Crippen molar-refractivity contribution in [1.82, 2.24) is 25.3 Å². The first-order valence-corrected chi connectivity index (χ1v) is 9.83. The molecule has 0 aromatic carbocycles. The van der Waals surface area contributed by atoms with Crippen molar-refractivity contribution in [2.24, 2.45) is 5.92 Å². The summed E-state index contributed by atoms with van der Waals surface area (Å²) in [6, 6.07) is 5.74. The van der Waals surface area contributed by atoms with Gasteiger partial charge in [0, 0.05) is 54.9 Å². The number of anilines is 1. The molecule has 3 aromatic rings. The van der Waals surface area contributed by atoms with Crippen LogP contribution in [0, 0.1) is 5.92 Å². The topological polar surface area (TPSA) is 83.9 Å². The number of pyridine rings is 2. The Hall–Kier alpha value is -3.06. The summed E-state index contributed by atoms with van der Waals surface area (Å²) in [6.07, 6.45) is 8.49. The van der Waals surface area contributed by atoms with E-state index in [0.717, 1.165) is 22.6 Å². The number of aromatic nitrogens is 4. The molecule has 1 aliphatic heterocycles. The number of hydrogen-bond acceptors (Lipinski definition) is 6. The highest BCUT2D eigenvalue weighted by atomic mass is 35.5. The monoisotopic (exact) mass is 408 g/mol. The summed E-state index contributed by atoms with van der Waals surface area (Å²) < 4.78 is 0. The number of nitrogens with one attached hydrogen (secondary N) is 1. The van der Waals surface area contributed by atoms with Crippen LogP contribution in [0.15, 0.2) is 49.2 Å². The van der Waals surface area contributed by atoms with Gasteiger partial charge in [0.25, 0.3) is 0 Å². The third-order valence-corrected chi connectivity index (χ3v) is 5.12. The van der Waals surface area contributed by atoms with E-state index >= 15 is 0 Å². The zero-order chi connectivity index (χ0) is 20.4. The maximum atomic E-state index is 11.9. The third kappa shape index (κ3) is 4.05. The lowest BCUT2D eigenvalue weighted by atomic mass is 10.1. The van der Waals surface area contributed by atoms with Crippen molar-refractivity contribution >= 4 is 23.3 Å². The molecule has 0 bridgehead atoms. The van der Waals surface area contributed by atoms with Gasteiger partial charge in [-0.1, -0.05) is 25.4 Å². The van der Waals surface area contributed by atoms with Crippen LogP contribution < -0.4 is 10.2 Å². The fourth-order valence-electron chi connectivity index (χ4n) is 3.13. The van der Waals surface area contributed by atoms with Crippen LogP contribution in [-0.2, 0) is 4.79 Å². The highest BCUT2D eigenvalue weighted by Gasteiger charge is 2.30. The van der Waals surface area contributed by atoms with Crippen LogP contribution in [0.1, 0.15) is 13.8 Å². The second-order valence-electron chi connectivity index (χ2n) is 7.28. The second kappa shape index (κ2) is 8.13. The fraction of sp³-hybridized carbons (Fsp3) is 0.286. The van der Waals surface area contributed by atoms with Gasteiger partial charge in [0.1, 0.15) is 11.5 Å². The molecule has 0 unspecified atom stereocenters. The lowest BCUT2D eigenvalue weighted by Crippen LogP contribution is -2.60. The van der Waals surface area contributed by atoms with E-state index in [1.54, 1.807) is 31.0 Å². The quantitative estimate of drug-likeness (QED) is 0.697. The number of nitrogens with zero attached hydrogens (tertiary/aromatic N) is 5. The van der Waals surface area contributed by atoms with Crippen LogP contribution in [0.3, 0.4) is 0 Å². The molecule has 4 rings (SSSR count). The maximum absolute atomic E-state index is 11.9. The molecule has 8 heteroatoms. The maximum Gasteiger partial charge on any atom is 0.222 e. The summed E-state index contributed by atoms with van der Waals surface area (Å²) in [5.74, 6) is 0.794. The molecule has 0 spiro atoms. The summed E-state index contributed by atoms with van der Waals surface area (Å²) in [4.78, 5) is 31.7. The average Bonchev–Trinajstić information content (AvgIpc) is 2.71. The molecule has 0 aliphatic carbocycles. The predicted octanol–water partition coefficient (Wildman–Crippen LogP) is 3.21. The first kappa shape index (κ1) is 19.3. The number of rotatable bonds is 5. The Morgan fingerprint density at radius 2 is 1.83 bits per heavy atom. The number of carbonyl (C=O) groups excluding carboxylic acids is 1. The van der Waals surface area contributed by atoms with E-state index < -0.39 is 0 Å². The van der Waals surface area contributed by atoms with E-state index in [-0.39, 0.29) is 17.9 Å². The minimum atomic E-state index is -0.0241. The smallest absolute Gasteiger partial charge is 0.222 e. The lowest BCUT2D eigenvalue weighted by molar-refractivity contribution is -0.124. The van der Waals surface area contributed by atoms with E-state index in [9.17, 15) is 4.79 Å². The normalized spacial score (nSPS) is 14.0. The van der Waals surface area contributed by atoms with Crippen LogP contribution in [0.25, 0.3) is 22.5 Å². The van der Waals surface area contributed by atoms with E-state index in [1.165, 1.54) is 0 Å². The van der Waals surface area contributed by atoms with Crippen molar-refractivity contribution < 1.29 is 4.79 Å². The Balaban J connectivity index is 1.64. The standard InChI is InChI=1S/C21H21ClN6O/c1-13(2)21(29)26-15-11-28(12-15)18-10-25-19(14-3-6-23-7-4-14)20(27-18)16-5-8-24-9-17(16)22/h3-10,13,15H,11-12H2,1-2H3,(H,26,29). The van der Waals surface area contributed by atoms with Gasteiger partial charge in [-0.05, 0) is 18.2 Å². The first-order valence-electron chi connectivity index (χ1n) is 9.45.